The lowest BCUT2D eigenvalue weighted by Crippen LogP contribution is -2.28. The minimum absolute atomic E-state index is 0.182. The summed E-state index contributed by atoms with van der Waals surface area (Å²) in [6.45, 7) is 4.99. The number of aryl methyl sites for hydroxylation is 1. The lowest BCUT2D eigenvalue weighted by molar-refractivity contribution is -0.128. The Morgan fingerprint density at radius 1 is 1.38 bits per heavy atom. The number of rotatable bonds is 5. The molecule has 3 rings (SSSR count). The van der Waals surface area contributed by atoms with Crippen LogP contribution in [0.4, 0.5) is 0 Å². The summed E-state index contributed by atoms with van der Waals surface area (Å²) in [5.74, 6) is 1.42. The van der Waals surface area contributed by atoms with Crippen LogP contribution in [0.3, 0.4) is 0 Å². The number of hydrogen-bond donors (Lipinski definition) is 0. The largest absolute Gasteiger partial charge is 0.383 e. The van der Waals surface area contributed by atoms with Crippen molar-refractivity contribution in [3.8, 4) is 0 Å². The highest BCUT2D eigenvalue weighted by Gasteiger charge is 2.33. The van der Waals surface area contributed by atoms with E-state index in [0.29, 0.717) is 19.6 Å². The molecule has 0 unspecified atom stereocenters. The third kappa shape index (κ3) is 2.53. The number of carbonyl (C=O) groups excluding carboxylic acids is 1. The number of hydrogen-bond acceptors (Lipinski definition) is 3. The number of likely N-dealkylation sites (tertiary alicyclic amines) is 1. The van der Waals surface area contributed by atoms with Crippen LogP contribution in [0.15, 0.2) is 24.3 Å². The van der Waals surface area contributed by atoms with Gasteiger partial charge in [0, 0.05) is 39.1 Å². The lowest BCUT2D eigenvalue weighted by Gasteiger charge is -2.16. The molecule has 0 N–H and O–H groups in total. The summed E-state index contributed by atoms with van der Waals surface area (Å²) in [4.78, 5) is 18.8. The van der Waals surface area contributed by atoms with E-state index in [4.69, 9.17) is 9.72 Å². The first kappa shape index (κ1) is 14.1. The predicted octanol–water partition coefficient (Wildman–Crippen LogP) is 2.02. The Morgan fingerprint density at radius 3 is 2.95 bits per heavy atom. The minimum Gasteiger partial charge on any atom is -0.383 e. The van der Waals surface area contributed by atoms with E-state index < -0.39 is 0 Å². The first-order valence-corrected chi connectivity index (χ1v) is 7.46. The van der Waals surface area contributed by atoms with Gasteiger partial charge < -0.3 is 14.2 Å². The van der Waals surface area contributed by atoms with E-state index in [-0.39, 0.29) is 11.8 Å². The van der Waals surface area contributed by atoms with E-state index in [1.165, 1.54) is 0 Å². The molecule has 1 aliphatic heterocycles. The fourth-order valence-corrected chi connectivity index (χ4v) is 3.10. The van der Waals surface area contributed by atoms with Gasteiger partial charge in [0.2, 0.25) is 5.91 Å². The summed E-state index contributed by atoms with van der Waals surface area (Å²) in [5, 5.41) is 0. The van der Waals surface area contributed by atoms with Crippen molar-refractivity contribution < 1.29 is 9.53 Å². The molecule has 21 heavy (non-hydrogen) atoms. The zero-order valence-corrected chi connectivity index (χ0v) is 12.6. The smallest absolute Gasteiger partial charge is 0.223 e. The quantitative estimate of drug-likeness (QED) is 0.845. The van der Waals surface area contributed by atoms with Crippen LogP contribution in [0, 0.1) is 0 Å². The average Bonchev–Trinajstić information content (AvgIpc) is 3.05. The summed E-state index contributed by atoms with van der Waals surface area (Å²) in [5.41, 5.74) is 2.16. The molecular formula is C16H21N3O2. The van der Waals surface area contributed by atoms with Crippen molar-refractivity contribution in [1.82, 2.24) is 14.5 Å². The van der Waals surface area contributed by atoms with Gasteiger partial charge in [0.1, 0.15) is 5.82 Å². The lowest BCUT2D eigenvalue weighted by atomic mass is 10.1. The average molecular weight is 287 g/mol. The molecule has 1 aliphatic rings. The zero-order chi connectivity index (χ0) is 14.8. The highest BCUT2D eigenvalue weighted by atomic mass is 16.5. The molecule has 112 valence electrons. The number of carbonyl (C=O) groups is 1. The number of benzene rings is 1. The Morgan fingerprint density at radius 2 is 2.19 bits per heavy atom. The normalized spacial score (nSPS) is 18.9. The summed E-state index contributed by atoms with van der Waals surface area (Å²) < 4.78 is 7.30. The van der Waals surface area contributed by atoms with E-state index in [2.05, 4.69) is 17.6 Å². The third-order valence-electron chi connectivity index (χ3n) is 4.15. The molecule has 1 aromatic heterocycles. The highest BCUT2D eigenvalue weighted by molar-refractivity contribution is 5.80. The number of methoxy groups -OCH3 is 1. The zero-order valence-electron chi connectivity index (χ0n) is 12.6. The van der Waals surface area contributed by atoms with Crippen LogP contribution in [0.25, 0.3) is 11.0 Å². The van der Waals surface area contributed by atoms with Gasteiger partial charge in [0.05, 0.1) is 17.6 Å². The van der Waals surface area contributed by atoms with Gasteiger partial charge in [0.25, 0.3) is 0 Å². The monoisotopic (exact) mass is 287 g/mol. The van der Waals surface area contributed by atoms with E-state index in [1.54, 1.807) is 7.11 Å². The van der Waals surface area contributed by atoms with Crippen molar-refractivity contribution in [2.24, 2.45) is 0 Å². The molecule has 1 saturated heterocycles. The molecule has 1 fully saturated rings. The minimum atomic E-state index is 0.182. The summed E-state index contributed by atoms with van der Waals surface area (Å²) >= 11 is 0. The van der Waals surface area contributed by atoms with Crippen LogP contribution in [0.2, 0.25) is 0 Å². The first-order chi connectivity index (χ1) is 10.2. The molecule has 5 nitrogen and oxygen atoms in total. The van der Waals surface area contributed by atoms with Crippen molar-refractivity contribution in [2.75, 3.05) is 26.8 Å². The van der Waals surface area contributed by atoms with Crippen molar-refractivity contribution in [1.29, 1.82) is 0 Å². The van der Waals surface area contributed by atoms with Crippen molar-refractivity contribution in [2.45, 2.75) is 25.8 Å². The Balaban J connectivity index is 1.89. The van der Waals surface area contributed by atoms with Gasteiger partial charge in [-0.1, -0.05) is 12.1 Å². The second-order valence-electron chi connectivity index (χ2n) is 5.44. The maximum absolute atomic E-state index is 12.1. The van der Waals surface area contributed by atoms with Crippen molar-refractivity contribution >= 4 is 16.9 Å². The second-order valence-corrected chi connectivity index (χ2v) is 5.44. The number of imidazole rings is 1. The molecule has 2 heterocycles. The van der Waals surface area contributed by atoms with E-state index >= 15 is 0 Å². The molecule has 1 amide bonds. The van der Waals surface area contributed by atoms with Gasteiger partial charge >= 0.3 is 0 Å². The molecule has 0 saturated carbocycles. The third-order valence-corrected chi connectivity index (χ3v) is 4.15. The van der Waals surface area contributed by atoms with Crippen molar-refractivity contribution in [3.63, 3.8) is 0 Å². The number of nitrogens with zero attached hydrogens (tertiary/aromatic N) is 3. The molecule has 0 aliphatic carbocycles. The van der Waals surface area contributed by atoms with Gasteiger partial charge in [-0.3, -0.25) is 4.79 Å². The molecule has 0 radical (unpaired) electrons. The van der Waals surface area contributed by atoms with E-state index in [0.717, 1.165) is 29.9 Å². The van der Waals surface area contributed by atoms with Crippen LogP contribution in [-0.2, 0) is 16.1 Å². The maximum atomic E-state index is 12.1. The summed E-state index contributed by atoms with van der Waals surface area (Å²) in [6.07, 6.45) is 0.549. The molecule has 1 atom stereocenters. The molecule has 5 heteroatoms. The number of aromatic nitrogens is 2. The molecule has 0 bridgehead atoms. The number of fused-ring (bicyclic) bond motifs is 1. The molecular weight excluding hydrogens is 266 g/mol. The van der Waals surface area contributed by atoms with Crippen LogP contribution >= 0.6 is 0 Å². The van der Waals surface area contributed by atoms with Crippen LogP contribution in [-0.4, -0.2) is 47.2 Å². The number of amides is 1. The summed E-state index contributed by atoms with van der Waals surface area (Å²) in [7, 11) is 1.66. The number of ether oxygens (including phenoxy) is 1. The number of para-hydroxylation sites is 2. The van der Waals surface area contributed by atoms with Crippen LogP contribution in [0.5, 0.6) is 0 Å². The van der Waals surface area contributed by atoms with Gasteiger partial charge in [-0.05, 0) is 19.1 Å². The van der Waals surface area contributed by atoms with E-state index in [9.17, 15) is 4.79 Å². The molecule has 2 aromatic rings. The topological polar surface area (TPSA) is 47.4 Å². The fourth-order valence-electron chi connectivity index (χ4n) is 3.10. The highest BCUT2D eigenvalue weighted by Crippen LogP contribution is 2.30. The standard InChI is InChI=1S/C16H21N3O2/c1-3-19-14-7-5-4-6-13(14)17-16(19)12-10-15(20)18(11-12)8-9-21-2/h4-7,12H,3,8-11H2,1-2H3/t12-/m1/s1. The van der Waals surface area contributed by atoms with Gasteiger partial charge in [-0.15, -0.1) is 0 Å². The van der Waals surface area contributed by atoms with Gasteiger partial charge in [-0.2, -0.15) is 0 Å². The Hall–Kier alpha value is -1.88. The fraction of sp³-hybridized carbons (Fsp3) is 0.500. The molecule has 0 spiro atoms. The maximum Gasteiger partial charge on any atom is 0.223 e. The SMILES string of the molecule is CCn1c([C@@H]2CC(=O)N(CCOC)C2)nc2ccccc21. The Labute approximate surface area is 124 Å². The first-order valence-electron chi connectivity index (χ1n) is 7.46. The summed E-state index contributed by atoms with van der Waals surface area (Å²) in [6, 6.07) is 8.16. The van der Waals surface area contributed by atoms with Gasteiger partial charge in [0.15, 0.2) is 0 Å². The second kappa shape index (κ2) is 5.85. The van der Waals surface area contributed by atoms with E-state index in [1.807, 2.05) is 23.1 Å². The van der Waals surface area contributed by atoms with Crippen LogP contribution in [0.1, 0.15) is 25.1 Å². The Kier molecular flexibility index (Phi) is 3.92. The Bertz CT molecular complexity index is 650. The van der Waals surface area contributed by atoms with Crippen molar-refractivity contribution in [3.05, 3.63) is 30.1 Å². The van der Waals surface area contributed by atoms with Crippen LogP contribution < -0.4 is 0 Å². The predicted molar refractivity (Wildman–Crippen MR) is 81.2 cm³/mol. The molecule has 1 aromatic carbocycles. The van der Waals surface area contributed by atoms with Gasteiger partial charge in [-0.25, -0.2) is 4.98 Å².